The molecule has 1 aromatic heterocycles. The second-order valence-electron chi connectivity index (χ2n) is 6.61. The third-order valence-corrected chi connectivity index (χ3v) is 5.08. The maximum Gasteiger partial charge on any atom is 0.251 e. The number of rotatable bonds is 4. The van der Waals surface area contributed by atoms with Crippen LogP contribution < -0.4 is 5.32 Å². The van der Waals surface area contributed by atoms with Gasteiger partial charge in [0.25, 0.3) is 5.91 Å². The zero-order valence-corrected chi connectivity index (χ0v) is 14.4. The Morgan fingerprint density at radius 3 is 2.68 bits per heavy atom. The summed E-state index contributed by atoms with van der Waals surface area (Å²) in [5.74, 6) is 0.816. The molecule has 1 N–H and O–H groups in total. The van der Waals surface area contributed by atoms with Gasteiger partial charge < -0.3 is 14.6 Å². The largest absolute Gasteiger partial charge is 0.469 e. The molecule has 0 saturated carbocycles. The summed E-state index contributed by atoms with van der Waals surface area (Å²) < 4.78 is 5.27. The van der Waals surface area contributed by atoms with Crippen molar-refractivity contribution in [3.05, 3.63) is 82.5 Å². The van der Waals surface area contributed by atoms with Crippen molar-refractivity contribution >= 4 is 5.91 Å². The van der Waals surface area contributed by atoms with Crippen molar-refractivity contribution in [2.45, 2.75) is 26.3 Å². The molecule has 4 rings (SSSR count). The van der Waals surface area contributed by atoms with E-state index < -0.39 is 0 Å². The van der Waals surface area contributed by atoms with Crippen LogP contribution in [0.4, 0.5) is 0 Å². The molecule has 128 valence electrons. The van der Waals surface area contributed by atoms with Gasteiger partial charge in [-0.15, -0.1) is 0 Å². The summed E-state index contributed by atoms with van der Waals surface area (Å²) in [6, 6.07) is 8.00. The fourth-order valence-electron chi connectivity index (χ4n) is 3.39. The summed E-state index contributed by atoms with van der Waals surface area (Å²) >= 11 is 0. The van der Waals surface area contributed by atoms with E-state index in [2.05, 4.69) is 40.6 Å². The third kappa shape index (κ3) is 3.25. The molecule has 0 bridgehead atoms. The molecule has 0 atom stereocenters. The molecule has 0 saturated heterocycles. The van der Waals surface area contributed by atoms with E-state index in [1.165, 1.54) is 16.8 Å². The van der Waals surface area contributed by atoms with Crippen LogP contribution in [0.25, 0.3) is 0 Å². The van der Waals surface area contributed by atoms with Crippen molar-refractivity contribution in [2.24, 2.45) is 0 Å². The lowest BCUT2D eigenvalue weighted by Gasteiger charge is -2.26. The molecule has 4 heteroatoms. The van der Waals surface area contributed by atoms with Crippen LogP contribution in [0.1, 0.15) is 32.8 Å². The topological polar surface area (TPSA) is 45.5 Å². The van der Waals surface area contributed by atoms with E-state index >= 15 is 0 Å². The zero-order valence-electron chi connectivity index (χ0n) is 14.4. The van der Waals surface area contributed by atoms with Gasteiger partial charge in [0.15, 0.2) is 0 Å². The van der Waals surface area contributed by atoms with Gasteiger partial charge in [0.2, 0.25) is 0 Å². The molecule has 0 unspecified atom stereocenters. The number of amides is 1. The highest BCUT2D eigenvalue weighted by Gasteiger charge is 2.18. The number of allylic oxidation sites excluding steroid dienone is 3. The quantitative estimate of drug-likeness (QED) is 0.932. The summed E-state index contributed by atoms with van der Waals surface area (Å²) in [4.78, 5) is 14.9. The Morgan fingerprint density at radius 1 is 1.20 bits per heavy atom. The summed E-state index contributed by atoms with van der Waals surface area (Å²) in [5.41, 5.74) is 5.71. The molecule has 4 nitrogen and oxygen atoms in total. The van der Waals surface area contributed by atoms with Gasteiger partial charge in [-0.2, -0.15) is 0 Å². The smallest absolute Gasteiger partial charge is 0.251 e. The second kappa shape index (κ2) is 6.63. The number of hydrogen-bond acceptors (Lipinski definition) is 3. The van der Waals surface area contributed by atoms with Crippen molar-refractivity contribution in [3.8, 4) is 0 Å². The van der Waals surface area contributed by atoms with Gasteiger partial charge in [0.05, 0.1) is 6.26 Å². The van der Waals surface area contributed by atoms with Crippen molar-refractivity contribution in [2.75, 3.05) is 13.1 Å². The second-order valence-corrected chi connectivity index (χ2v) is 6.61. The van der Waals surface area contributed by atoms with E-state index in [-0.39, 0.29) is 5.91 Å². The number of nitrogens with zero attached hydrogens (tertiary/aromatic N) is 1. The maximum absolute atomic E-state index is 12.5. The van der Waals surface area contributed by atoms with Crippen LogP contribution in [0.3, 0.4) is 0 Å². The summed E-state index contributed by atoms with van der Waals surface area (Å²) in [7, 11) is 0. The fourth-order valence-corrected chi connectivity index (χ4v) is 3.39. The van der Waals surface area contributed by atoms with Crippen LogP contribution in [0.5, 0.6) is 0 Å². The molecule has 0 radical (unpaired) electrons. The Hall–Kier alpha value is -2.75. The first-order valence-corrected chi connectivity index (χ1v) is 8.77. The average Bonchev–Trinajstić information content (AvgIpc) is 2.87. The maximum atomic E-state index is 12.5. The van der Waals surface area contributed by atoms with E-state index in [0.29, 0.717) is 6.54 Å². The van der Waals surface area contributed by atoms with E-state index in [4.69, 9.17) is 4.42 Å². The molecule has 2 heterocycles. The normalized spacial score (nSPS) is 15.9. The number of carbonyl (C=O) groups excluding carboxylic acids is 1. The van der Waals surface area contributed by atoms with Crippen LogP contribution in [-0.2, 0) is 19.4 Å². The lowest BCUT2D eigenvalue weighted by molar-refractivity contribution is 0.0950. The molecule has 1 aliphatic carbocycles. The van der Waals surface area contributed by atoms with E-state index in [9.17, 15) is 4.79 Å². The van der Waals surface area contributed by atoms with Gasteiger partial charge in [-0.1, -0.05) is 12.1 Å². The molecule has 1 aromatic carbocycles. The monoisotopic (exact) mass is 334 g/mol. The molecule has 2 aliphatic rings. The summed E-state index contributed by atoms with van der Waals surface area (Å²) in [6.45, 7) is 4.44. The van der Waals surface area contributed by atoms with Crippen LogP contribution in [-0.4, -0.2) is 23.9 Å². The van der Waals surface area contributed by atoms with E-state index in [1.54, 1.807) is 6.26 Å². The standard InChI is InChI=1S/C21H22N2O2/c1-15-19(9-12-25-15)14-22-21(24)18-6-5-16-7-10-23(20-3-2-4-20)11-8-17(16)13-18/h2-6,9,12-13H,7-8,10-11,14H2,1H3,(H,22,24). The molecule has 1 aliphatic heterocycles. The number of nitrogens with one attached hydrogen (secondary N) is 1. The van der Waals surface area contributed by atoms with Crippen LogP contribution in [0, 0.1) is 6.92 Å². The van der Waals surface area contributed by atoms with E-state index in [0.717, 1.165) is 42.8 Å². The number of aryl methyl sites for hydroxylation is 1. The van der Waals surface area contributed by atoms with Crippen molar-refractivity contribution in [1.82, 2.24) is 10.2 Å². The Labute approximate surface area is 147 Å². The lowest BCUT2D eigenvalue weighted by atomic mass is 10.00. The van der Waals surface area contributed by atoms with Crippen molar-refractivity contribution in [1.29, 1.82) is 0 Å². The Morgan fingerprint density at radius 2 is 2.00 bits per heavy atom. The number of hydrogen-bond donors (Lipinski definition) is 1. The molecular weight excluding hydrogens is 312 g/mol. The first kappa shape index (κ1) is 15.8. The Bertz CT molecular complexity index is 861. The number of furan rings is 1. The minimum absolute atomic E-state index is 0.0332. The van der Waals surface area contributed by atoms with Crippen LogP contribution in [0.2, 0.25) is 0 Å². The number of benzene rings is 1. The van der Waals surface area contributed by atoms with Gasteiger partial charge in [0.1, 0.15) is 5.76 Å². The molecular formula is C21H22N2O2. The highest BCUT2D eigenvalue weighted by molar-refractivity contribution is 5.94. The zero-order chi connectivity index (χ0) is 17.2. The van der Waals surface area contributed by atoms with Crippen LogP contribution >= 0.6 is 0 Å². The number of fused-ring (bicyclic) bond motifs is 1. The molecule has 0 fully saturated rings. The lowest BCUT2D eigenvalue weighted by Crippen LogP contribution is -2.26. The number of carbonyl (C=O) groups is 1. The SMILES string of the molecule is Cc1occc1CNC(=O)c1ccc2c(c1)CCN(C1=CC=C1)CC2. The Balaban J connectivity index is 1.43. The molecule has 25 heavy (non-hydrogen) atoms. The average molecular weight is 334 g/mol. The first-order chi connectivity index (χ1) is 12.2. The van der Waals surface area contributed by atoms with Crippen molar-refractivity contribution in [3.63, 3.8) is 0 Å². The first-order valence-electron chi connectivity index (χ1n) is 8.77. The van der Waals surface area contributed by atoms with Gasteiger partial charge in [-0.3, -0.25) is 4.79 Å². The fraction of sp³-hybridized carbons (Fsp3) is 0.286. The van der Waals surface area contributed by atoms with Gasteiger partial charge >= 0.3 is 0 Å². The minimum Gasteiger partial charge on any atom is -0.469 e. The molecule has 0 spiro atoms. The third-order valence-electron chi connectivity index (χ3n) is 5.08. The molecule has 1 amide bonds. The summed E-state index contributed by atoms with van der Waals surface area (Å²) in [5, 5.41) is 2.98. The van der Waals surface area contributed by atoms with E-state index in [1.807, 2.05) is 19.1 Å². The van der Waals surface area contributed by atoms with Gasteiger partial charge in [-0.25, -0.2) is 0 Å². The highest BCUT2D eigenvalue weighted by Crippen LogP contribution is 2.22. The highest BCUT2D eigenvalue weighted by atomic mass is 16.3. The van der Waals surface area contributed by atoms with Crippen molar-refractivity contribution < 1.29 is 9.21 Å². The Kier molecular flexibility index (Phi) is 4.18. The summed E-state index contributed by atoms with van der Waals surface area (Å²) in [6.07, 6.45) is 10.0. The minimum atomic E-state index is -0.0332. The molecule has 2 aromatic rings. The van der Waals surface area contributed by atoms with Gasteiger partial charge in [-0.05, 0) is 61.2 Å². The van der Waals surface area contributed by atoms with Gasteiger partial charge in [0, 0.05) is 36.5 Å². The predicted molar refractivity (Wildman–Crippen MR) is 97.3 cm³/mol. The predicted octanol–water partition coefficient (Wildman–Crippen LogP) is 3.37. The van der Waals surface area contributed by atoms with Crippen LogP contribution in [0.15, 0.2) is 58.9 Å².